The van der Waals surface area contributed by atoms with E-state index in [0.717, 1.165) is 12.8 Å². The summed E-state index contributed by atoms with van der Waals surface area (Å²) in [7, 11) is 0. The Morgan fingerprint density at radius 3 is 2.35 bits per heavy atom. The highest BCUT2D eigenvalue weighted by Gasteiger charge is 2.31. The van der Waals surface area contributed by atoms with E-state index >= 15 is 0 Å². The Kier molecular flexibility index (Phi) is 4.80. The standard InChI is InChI=1S/C13H26N2O2/c1-12(2,3)17-11(16)15-10-13(9-14)7-5-4-6-8-13/h4-10,14H2,1-3H3,(H,15,16). The van der Waals surface area contributed by atoms with Gasteiger partial charge in [0.15, 0.2) is 0 Å². The number of hydrogen-bond donors (Lipinski definition) is 2. The lowest BCUT2D eigenvalue weighted by Gasteiger charge is -2.36. The molecule has 0 unspecified atom stereocenters. The lowest BCUT2D eigenvalue weighted by molar-refractivity contribution is 0.0486. The van der Waals surface area contributed by atoms with E-state index in [1.165, 1.54) is 19.3 Å². The Bertz CT molecular complexity index is 253. The molecule has 1 amide bonds. The van der Waals surface area contributed by atoms with Gasteiger partial charge in [-0.3, -0.25) is 0 Å². The first-order valence-corrected chi connectivity index (χ1v) is 6.54. The summed E-state index contributed by atoms with van der Waals surface area (Å²) in [4.78, 5) is 11.6. The molecule has 0 bridgehead atoms. The highest BCUT2D eigenvalue weighted by atomic mass is 16.6. The Balaban J connectivity index is 2.39. The third-order valence-electron chi connectivity index (χ3n) is 3.35. The van der Waals surface area contributed by atoms with Crippen LogP contribution in [0.3, 0.4) is 0 Å². The molecule has 0 atom stereocenters. The van der Waals surface area contributed by atoms with Gasteiger partial charge in [0.25, 0.3) is 0 Å². The largest absolute Gasteiger partial charge is 0.444 e. The quantitative estimate of drug-likeness (QED) is 0.799. The molecule has 1 rings (SSSR count). The van der Waals surface area contributed by atoms with Crippen LogP contribution < -0.4 is 11.1 Å². The molecule has 0 aromatic carbocycles. The monoisotopic (exact) mass is 242 g/mol. The molecule has 4 nitrogen and oxygen atoms in total. The van der Waals surface area contributed by atoms with Gasteiger partial charge >= 0.3 is 6.09 Å². The minimum atomic E-state index is -0.438. The van der Waals surface area contributed by atoms with Crippen LogP contribution in [0.5, 0.6) is 0 Å². The summed E-state index contributed by atoms with van der Waals surface area (Å²) in [6.07, 6.45) is 5.60. The first kappa shape index (κ1) is 14.3. The van der Waals surface area contributed by atoms with Gasteiger partial charge in [-0.2, -0.15) is 0 Å². The van der Waals surface area contributed by atoms with Gasteiger partial charge in [-0.05, 0) is 40.2 Å². The van der Waals surface area contributed by atoms with E-state index in [0.29, 0.717) is 13.1 Å². The SMILES string of the molecule is CC(C)(C)OC(=O)NCC1(CN)CCCCC1. The second kappa shape index (κ2) is 5.71. The molecule has 0 aromatic rings. The van der Waals surface area contributed by atoms with Crippen molar-refractivity contribution < 1.29 is 9.53 Å². The van der Waals surface area contributed by atoms with Crippen LogP contribution >= 0.6 is 0 Å². The fourth-order valence-corrected chi connectivity index (χ4v) is 2.33. The number of carbonyl (C=O) groups excluding carboxylic acids is 1. The van der Waals surface area contributed by atoms with Gasteiger partial charge in [0.2, 0.25) is 0 Å². The van der Waals surface area contributed by atoms with Crippen LogP contribution in [0.4, 0.5) is 4.79 Å². The topological polar surface area (TPSA) is 64.3 Å². The van der Waals surface area contributed by atoms with E-state index < -0.39 is 5.60 Å². The lowest BCUT2D eigenvalue weighted by Crippen LogP contribution is -2.45. The average molecular weight is 242 g/mol. The third-order valence-corrected chi connectivity index (χ3v) is 3.35. The molecular weight excluding hydrogens is 216 g/mol. The average Bonchev–Trinajstić information content (AvgIpc) is 2.25. The molecule has 17 heavy (non-hydrogen) atoms. The van der Waals surface area contributed by atoms with Gasteiger partial charge in [0.05, 0.1) is 0 Å². The molecule has 1 aliphatic rings. The van der Waals surface area contributed by atoms with E-state index in [1.54, 1.807) is 0 Å². The summed E-state index contributed by atoms with van der Waals surface area (Å²) >= 11 is 0. The van der Waals surface area contributed by atoms with Crippen LogP contribution in [0.2, 0.25) is 0 Å². The molecule has 4 heteroatoms. The summed E-state index contributed by atoms with van der Waals surface area (Å²) in [6, 6.07) is 0. The Labute approximate surface area is 104 Å². The summed E-state index contributed by atoms with van der Waals surface area (Å²) in [5.74, 6) is 0. The Morgan fingerprint density at radius 1 is 1.29 bits per heavy atom. The first-order chi connectivity index (χ1) is 7.87. The molecule has 1 fully saturated rings. The minimum absolute atomic E-state index is 0.0924. The molecule has 0 aromatic heterocycles. The maximum Gasteiger partial charge on any atom is 0.407 e. The van der Waals surface area contributed by atoms with Crippen molar-refractivity contribution in [3.63, 3.8) is 0 Å². The van der Waals surface area contributed by atoms with E-state index in [2.05, 4.69) is 5.32 Å². The van der Waals surface area contributed by atoms with E-state index in [1.807, 2.05) is 20.8 Å². The summed E-state index contributed by atoms with van der Waals surface area (Å²) in [5.41, 5.74) is 5.51. The summed E-state index contributed by atoms with van der Waals surface area (Å²) < 4.78 is 5.23. The van der Waals surface area contributed by atoms with Crippen LogP contribution in [0.1, 0.15) is 52.9 Å². The van der Waals surface area contributed by atoms with Crippen molar-refractivity contribution in [2.24, 2.45) is 11.1 Å². The van der Waals surface area contributed by atoms with Crippen molar-refractivity contribution in [1.82, 2.24) is 5.32 Å². The van der Waals surface area contributed by atoms with Crippen LogP contribution in [0, 0.1) is 5.41 Å². The van der Waals surface area contributed by atoms with E-state index in [4.69, 9.17) is 10.5 Å². The fraction of sp³-hybridized carbons (Fsp3) is 0.923. The number of carbonyl (C=O) groups is 1. The van der Waals surface area contributed by atoms with Crippen molar-refractivity contribution in [2.45, 2.75) is 58.5 Å². The second-order valence-corrected chi connectivity index (χ2v) is 6.12. The number of ether oxygens (including phenoxy) is 1. The number of nitrogens with two attached hydrogens (primary N) is 1. The number of rotatable bonds is 3. The van der Waals surface area contributed by atoms with E-state index in [9.17, 15) is 4.79 Å². The zero-order valence-corrected chi connectivity index (χ0v) is 11.3. The summed E-state index contributed by atoms with van der Waals surface area (Å²) in [5, 5.41) is 2.86. The number of nitrogens with one attached hydrogen (secondary N) is 1. The maximum atomic E-state index is 11.6. The number of alkyl carbamates (subject to hydrolysis) is 1. The zero-order chi connectivity index (χ0) is 12.9. The highest BCUT2D eigenvalue weighted by Crippen LogP contribution is 2.34. The first-order valence-electron chi connectivity index (χ1n) is 6.54. The molecule has 0 saturated heterocycles. The lowest BCUT2D eigenvalue weighted by atomic mass is 9.74. The smallest absolute Gasteiger partial charge is 0.407 e. The van der Waals surface area contributed by atoms with Crippen molar-refractivity contribution in [1.29, 1.82) is 0 Å². The zero-order valence-electron chi connectivity index (χ0n) is 11.3. The molecule has 1 aliphatic carbocycles. The molecule has 100 valence electrons. The van der Waals surface area contributed by atoms with Crippen molar-refractivity contribution >= 4 is 6.09 Å². The molecule has 3 N–H and O–H groups in total. The minimum Gasteiger partial charge on any atom is -0.444 e. The highest BCUT2D eigenvalue weighted by molar-refractivity contribution is 5.67. The van der Waals surface area contributed by atoms with Crippen molar-refractivity contribution in [2.75, 3.05) is 13.1 Å². The maximum absolute atomic E-state index is 11.6. The fourth-order valence-electron chi connectivity index (χ4n) is 2.33. The predicted molar refractivity (Wildman–Crippen MR) is 68.8 cm³/mol. The number of hydrogen-bond acceptors (Lipinski definition) is 3. The van der Waals surface area contributed by atoms with Crippen molar-refractivity contribution in [3.8, 4) is 0 Å². The molecule has 0 aliphatic heterocycles. The van der Waals surface area contributed by atoms with Gasteiger partial charge in [-0.1, -0.05) is 19.3 Å². The number of amides is 1. The molecular formula is C13H26N2O2. The van der Waals surface area contributed by atoms with Crippen LogP contribution in [0.15, 0.2) is 0 Å². The van der Waals surface area contributed by atoms with Crippen LogP contribution in [-0.2, 0) is 4.74 Å². The van der Waals surface area contributed by atoms with Gasteiger partial charge < -0.3 is 15.8 Å². The normalized spacial score (nSPS) is 19.8. The second-order valence-electron chi connectivity index (χ2n) is 6.12. The Hall–Kier alpha value is -0.770. The molecule has 0 spiro atoms. The predicted octanol–water partition coefficient (Wildman–Crippen LogP) is 2.42. The van der Waals surface area contributed by atoms with Gasteiger partial charge in [0, 0.05) is 12.0 Å². The molecule has 0 heterocycles. The van der Waals surface area contributed by atoms with Gasteiger partial charge in [-0.15, -0.1) is 0 Å². The molecule has 0 radical (unpaired) electrons. The van der Waals surface area contributed by atoms with E-state index in [-0.39, 0.29) is 11.5 Å². The summed E-state index contributed by atoms with van der Waals surface area (Å²) in [6.45, 7) is 6.88. The van der Waals surface area contributed by atoms with Crippen molar-refractivity contribution in [3.05, 3.63) is 0 Å². The van der Waals surface area contributed by atoms with Crippen LogP contribution in [-0.4, -0.2) is 24.8 Å². The third kappa shape index (κ3) is 4.94. The van der Waals surface area contributed by atoms with Crippen LogP contribution in [0.25, 0.3) is 0 Å². The van der Waals surface area contributed by atoms with Gasteiger partial charge in [0.1, 0.15) is 5.60 Å². The van der Waals surface area contributed by atoms with Gasteiger partial charge in [-0.25, -0.2) is 4.79 Å². The Morgan fingerprint density at radius 2 is 1.88 bits per heavy atom. The molecule has 1 saturated carbocycles.